The van der Waals surface area contributed by atoms with Gasteiger partial charge in [-0.2, -0.15) is 0 Å². The molecular formula is C9H17O2. The highest BCUT2D eigenvalue weighted by atomic mass is 16.5. The summed E-state index contributed by atoms with van der Waals surface area (Å²) in [6, 6.07) is 0. The normalized spacial score (nSPS) is 19.4. The topological polar surface area (TPSA) is 18.5 Å². The Morgan fingerprint density at radius 1 is 1.18 bits per heavy atom. The highest BCUT2D eigenvalue weighted by molar-refractivity contribution is 4.94. The molecule has 0 heterocycles. The first-order valence-electron chi connectivity index (χ1n) is 4.33. The number of methoxy groups -OCH3 is 1. The Kier molecular flexibility index (Phi) is 4.55. The van der Waals surface area contributed by atoms with Gasteiger partial charge in [0.25, 0.3) is 0 Å². The summed E-state index contributed by atoms with van der Waals surface area (Å²) in [5.74, 6) is 1.58. The maximum atomic E-state index is 5.40. The molecule has 0 unspecified atom stereocenters. The van der Waals surface area contributed by atoms with E-state index in [-0.39, 0.29) is 0 Å². The molecule has 1 aliphatic carbocycles. The quantitative estimate of drug-likeness (QED) is 0.566. The zero-order valence-electron chi connectivity index (χ0n) is 7.27. The van der Waals surface area contributed by atoms with Crippen molar-refractivity contribution in [2.75, 3.05) is 26.9 Å². The zero-order valence-corrected chi connectivity index (χ0v) is 7.27. The monoisotopic (exact) mass is 157 g/mol. The van der Waals surface area contributed by atoms with Crippen LogP contribution in [-0.4, -0.2) is 26.9 Å². The summed E-state index contributed by atoms with van der Waals surface area (Å²) in [7, 11) is 1.70. The lowest BCUT2D eigenvalue weighted by Crippen LogP contribution is -2.07. The van der Waals surface area contributed by atoms with Gasteiger partial charge in [0, 0.05) is 13.0 Å². The van der Waals surface area contributed by atoms with Gasteiger partial charge in [0.1, 0.15) is 0 Å². The van der Waals surface area contributed by atoms with Crippen LogP contribution in [-0.2, 0) is 9.47 Å². The summed E-state index contributed by atoms with van der Waals surface area (Å²) in [6.45, 7) is 2.32. The number of hydrogen-bond acceptors (Lipinski definition) is 2. The first kappa shape index (κ1) is 9.01. The fourth-order valence-corrected chi connectivity index (χ4v) is 1.38. The molecule has 0 amide bonds. The van der Waals surface area contributed by atoms with E-state index in [1.807, 2.05) is 0 Å². The second kappa shape index (κ2) is 5.56. The van der Waals surface area contributed by atoms with Gasteiger partial charge in [0.05, 0.1) is 19.8 Å². The minimum Gasteiger partial charge on any atom is -0.382 e. The molecule has 2 heteroatoms. The van der Waals surface area contributed by atoms with Crippen molar-refractivity contribution in [3.8, 4) is 0 Å². The van der Waals surface area contributed by atoms with Crippen molar-refractivity contribution >= 4 is 0 Å². The van der Waals surface area contributed by atoms with Crippen molar-refractivity contribution in [1.82, 2.24) is 0 Å². The van der Waals surface area contributed by atoms with Gasteiger partial charge in [-0.15, -0.1) is 0 Å². The number of rotatable bonds is 5. The molecule has 65 valence electrons. The fraction of sp³-hybridized carbons (Fsp3) is 0.889. The predicted molar refractivity (Wildman–Crippen MR) is 44.4 cm³/mol. The largest absolute Gasteiger partial charge is 0.382 e. The van der Waals surface area contributed by atoms with Gasteiger partial charge in [-0.25, -0.2) is 0 Å². The van der Waals surface area contributed by atoms with E-state index < -0.39 is 0 Å². The SMILES string of the molecule is COCCOC[C]1CCCC1. The smallest absolute Gasteiger partial charge is 0.0700 e. The van der Waals surface area contributed by atoms with Crippen LogP contribution < -0.4 is 0 Å². The first-order valence-corrected chi connectivity index (χ1v) is 4.33. The molecule has 0 aromatic heterocycles. The molecule has 0 N–H and O–H groups in total. The standard InChI is InChI=1S/C9H17O2/c1-10-6-7-11-8-9-4-2-3-5-9/h2-8H2,1H3. The Bertz CT molecular complexity index is 87.6. The van der Waals surface area contributed by atoms with E-state index in [1.165, 1.54) is 25.7 Å². The molecular weight excluding hydrogens is 140 g/mol. The van der Waals surface area contributed by atoms with E-state index >= 15 is 0 Å². The summed E-state index contributed by atoms with van der Waals surface area (Å²) in [4.78, 5) is 0. The highest BCUT2D eigenvalue weighted by Gasteiger charge is 2.14. The van der Waals surface area contributed by atoms with Gasteiger partial charge in [-0.3, -0.25) is 0 Å². The summed E-state index contributed by atoms with van der Waals surface area (Å²) in [5, 5.41) is 0. The van der Waals surface area contributed by atoms with E-state index in [1.54, 1.807) is 13.0 Å². The van der Waals surface area contributed by atoms with Gasteiger partial charge < -0.3 is 9.47 Å². The van der Waals surface area contributed by atoms with E-state index in [0.717, 1.165) is 13.2 Å². The van der Waals surface area contributed by atoms with Crippen molar-refractivity contribution in [2.45, 2.75) is 25.7 Å². The zero-order chi connectivity index (χ0) is 7.94. The van der Waals surface area contributed by atoms with Gasteiger partial charge in [-0.05, 0) is 12.8 Å². The highest BCUT2D eigenvalue weighted by Crippen LogP contribution is 2.26. The maximum Gasteiger partial charge on any atom is 0.0700 e. The van der Waals surface area contributed by atoms with Crippen LogP contribution in [0.5, 0.6) is 0 Å². The maximum absolute atomic E-state index is 5.40. The summed E-state index contributed by atoms with van der Waals surface area (Å²) in [6.07, 6.45) is 5.30. The Balaban J connectivity index is 1.86. The third-order valence-electron chi connectivity index (χ3n) is 2.05. The molecule has 1 rings (SSSR count). The van der Waals surface area contributed by atoms with E-state index in [9.17, 15) is 0 Å². The first-order chi connectivity index (χ1) is 5.43. The van der Waals surface area contributed by atoms with Crippen molar-refractivity contribution in [2.24, 2.45) is 0 Å². The third-order valence-corrected chi connectivity index (χ3v) is 2.05. The molecule has 0 aromatic rings. The average Bonchev–Trinajstić information content (AvgIpc) is 2.50. The van der Waals surface area contributed by atoms with Crippen molar-refractivity contribution in [3.63, 3.8) is 0 Å². The molecule has 0 bridgehead atoms. The number of hydrogen-bond donors (Lipinski definition) is 0. The minimum absolute atomic E-state index is 0.716. The van der Waals surface area contributed by atoms with Crippen LogP contribution in [0.2, 0.25) is 0 Å². The third kappa shape index (κ3) is 3.73. The van der Waals surface area contributed by atoms with Crippen LogP contribution in [0.3, 0.4) is 0 Å². The molecule has 0 aliphatic heterocycles. The van der Waals surface area contributed by atoms with E-state index in [4.69, 9.17) is 9.47 Å². The van der Waals surface area contributed by atoms with Crippen LogP contribution in [0.15, 0.2) is 0 Å². The van der Waals surface area contributed by atoms with Crippen molar-refractivity contribution in [3.05, 3.63) is 5.92 Å². The second-order valence-corrected chi connectivity index (χ2v) is 3.00. The number of ether oxygens (including phenoxy) is 2. The molecule has 0 atom stereocenters. The van der Waals surface area contributed by atoms with Crippen LogP contribution in [0.1, 0.15) is 25.7 Å². The lowest BCUT2D eigenvalue weighted by molar-refractivity contribution is 0.0749. The molecule has 0 spiro atoms. The Morgan fingerprint density at radius 2 is 1.91 bits per heavy atom. The summed E-state index contributed by atoms with van der Waals surface area (Å²) < 4.78 is 10.3. The molecule has 11 heavy (non-hydrogen) atoms. The van der Waals surface area contributed by atoms with Gasteiger partial charge in [0.15, 0.2) is 0 Å². The Hall–Kier alpha value is -0.0800. The van der Waals surface area contributed by atoms with Crippen LogP contribution in [0.4, 0.5) is 0 Å². The molecule has 1 radical (unpaired) electrons. The molecule has 0 saturated heterocycles. The van der Waals surface area contributed by atoms with E-state index in [2.05, 4.69) is 0 Å². The van der Waals surface area contributed by atoms with Gasteiger partial charge in [-0.1, -0.05) is 12.8 Å². The summed E-state index contributed by atoms with van der Waals surface area (Å²) >= 11 is 0. The van der Waals surface area contributed by atoms with Gasteiger partial charge >= 0.3 is 0 Å². The predicted octanol–water partition coefficient (Wildman–Crippen LogP) is 1.80. The van der Waals surface area contributed by atoms with Crippen LogP contribution in [0.25, 0.3) is 0 Å². The fourth-order valence-electron chi connectivity index (χ4n) is 1.38. The minimum atomic E-state index is 0.716. The average molecular weight is 157 g/mol. The van der Waals surface area contributed by atoms with Crippen LogP contribution >= 0.6 is 0 Å². The summed E-state index contributed by atoms with van der Waals surface area (Å²) in [5.41, 5.74) is 0. The Labute approximate surface area is 68.9 Å². The molecule has 0 aromatic carbocycles. The van der Waals surface area contributed by atoms with Crippen molar-refractivity contribution < 1.29 is 9.47 Å². The molecule has 1 fully saturated rings. The lowest BCUT2D eigenvalue weighted by Gasteiger charge is -2.08. The molecule has 1 aliphatic rings. The second-order valence-electron chi connectivity index (χ2n) is 3.00. The van der Waals surface area contributed by atoms with Gasteiger partial charge in [0.2, 0.25) is 0 Å². The molecule has 1 saturated carbocycles. The van der Waals surface area contributed by atoms with Crippen LogP contribution in [0, 0.1) is 5.92 Å². The molecule has 2 nitrogen and oxygen atoms in total. The Morgan fingerprint density at radius 3 is 2.55 bits per heavy atom. The lowest BCUT2D eigenvalue weighted by atomic mass is 10.1. The van der Waals surface area contributed by atoms with Crippen molar-refractivity contribution in [1.29, 1.82) is 0 Å². The van der Waals surface area contributed by atoms with E-state index in [0.29, 0.717) is 6.61 Å².